The van der Waals surface area contributed by atoms with Crippen LogP contribution in [-0.4, -0.2) is 42.5 Å². The maximum atomic E-state index is 9.82. The second kappa shape index (κ2) is 9.58. The van der Waals surface area contributed by atoms with Crippen LogP contribution in [0.15, 0.2) is 15.0 Å². The summed E-state index contributed by atoms with van der Waals surface area (Å²) in [5.74, 6) is 0.205. The van der Waals surface area contributed by atoms with E-state index in [1.807, 2.05) is 0 Å². The summed E-state index contributed by atoms with van der Waals surface area (Å²) in [5, 5.41) is -0.171. The normalized spacial score (nSPS) is 10.3. The number of aliphatic imine (C=N–C) groups is 3. The third-order valence-corrected chi connectivity index (χ3v) is 2.21. The number of isocyanates is 3. The minimum absolute atomic E-state index is 0.171. The van der Waals surface area contributed by atoms with E-state index < -0.39 is 0 Å². The fourth-order valence-corrected chi connectivity index (χ4v) is 1.31. The van der Waals surface area contributed by atoms with Gasteiger partial charge in [0.25, 0.3) is 0 Å². The van der Waals surface area contributed by atoms with Crippen LogP contribution < -0.4 is 0 Å². The molecule has 0 unspecified atom stereocenters. The highest BCUT2D eigenvalue weighted by molar-refractivity contribution is 7.99. The molecule has 0 radical (unpaired) electrons. The smallest absolute Gasteiger partial charge is 0.211 e. The molecule has 74 valence electrons. The molecule has 0 aliphatic carbocycles. The van der Waals surface area contributed by atoms with E-state index in [9.17, 15) is 14.4 Å². The van der Waals surface area contributed by atoms with Crippen LogP contribution in [0.5, 0.6) is 0 Å². The first kappa shape index (κ1) is 12.5. The van der Waals surface area contributed by atoms with Crippen molar-refractivity contribution >= 4 is 30.0 Å². The molecule has 0 rings (SSSR count). The van der Waals surface area contributed by atoms with Crippen molar-refractivity contribution in [2.24, 2.45) is 15.0 Å². The summed E-state index contributed by atoms with van der Waals surface area (Å²) in [6.45, 7) is 0.376. The van der Waals surface area contributed by atoms with Gasteiger partial charge in [0.05, 0.1) is 19.0 Å². The molecule has 6 nitrogen and oxygen atoms in total. The van der Waals surface area contributed by atoms with Gasteiger partial charge in [0.1, 0.15) is 0 Å². The molecule has 0 aromatic carbocycles. The van der Waals surface area contributed by atoms with Gasteiger partial charge in [0.15, 0.2) is 0 Å². The van der Waals surface area contributed by atoms with E-state index in [4.69, 9.17) is 0 Å². The Balaban J connectivity index is 4.00. The second-order valence-corrected chi connectivity index (χ2v) is 3.29. The molecule has 0 aromatic heterocycles. The molecule has 0 saturated carbocycles. The van der Waals surface area contributed by atoms with Crippen molar-refractivity contribution in [3.8, 4) is 0 Å². The zero-order valence-electron chi connectivity index (χ0n) is 7.17. The maximum absolute atomic E-state index is 9.82. The zero-order valence-corrected chi connectivity index (χ0v) is 7.99. The largest absolute Gasteiger partial charge is 0.235 e. The number of nitrogens with zero attached hydrogens (tertiary/aromatic N) is 3. The van der Waals surface area contributed by atoms with Crippen LogP contribution in [0, 0.1) is 0 Å². The Kier molecular flexibility index (Phi) is 8.54. The minimum atomic E-state index is -0.171. The summed E-state index contributed by atoms with van der Waals surface area (Å²) >= 11 is 1.25. The van der Waals surface area contributed by atoms with Crippen molar-refractivity contribution in [1.82, 2.24) is 0 Å². The molecular weight excluding hydrogens is 206 g/mol. The summed E-state index contributed by atoms with van der Waals surface area (Å²) in [6.07, 6.45) is 4.13. The van der Waals surface area contributed by atoms with Crippen molar-refractivity contribution in [3.05, 3.63) is 0 Å². The molecule has 0 saturated heterocycles. The Labute approximate surface area is 84.2 Å². The molecule has 0 spiro atoms. The maximum Gasteiger partial charge on any atom is 0.235 e. The van der Waals surface area contributed by atoms with E-state index in [2.05, 4.69) is 15.0 Å². The number of hydrogen-bond acceptors (Lipinski definition) is 7. The van der Waals surface area contributed by atoms with Crippen LogP contribution in [0.25, 0.3) is 0 Å². The van der Waals surface area contributed by atoms with Crippen molar-refractivity contribution in [2.45, 2.75) is 5.25 Å². The standard InChI is InChI=1S/C7H7N3O3S/c11-3-8-1-7(2-9-4-12)14-6-10-5-13/h7H,1-2,6H2. The number of rotatable bonds is 7. The van der Waals surface area contributed by atoms with Gasteiger partial charge in [0.2, 0.25) is 18.2 Å². The average molecular weight is 213 g/mol. The summed E-state index contributed by atoms with van der Waals surface area (Å²) < 4.78 is 0. The lowest BCUT2D eigenvalue weighted by Gasteiger charge is -2.06. The van der Waals surface area contributed by atoms with E-state index in [1.165, 1.54) is 30.0 Å². The van der Waals surface area contributed by atoms with Crippen molar-refractivity contribution in [3.63, 3.8) is 0 Å². The molecule has 0 heterocycles. The molecule has 0 atom stereocenters. The molecule has 0 fully saturated rings. The SMILES string of the molecule is O=C=NCSC(CN=C=O)CN=C=O. The first-order valence-electron chi connectivity index (χ1n) is 3.57. The van der Waals surface area contributed by atoms with Gasteiger partial charge in [-0.1, -0.05) is 0 Å². The van der Waals surface area contributed by atoms with E-state index in [1.54, 1.807) is 0 Å². The number of thioether (sulfide) groups is 1. The van der Waals surface area contributed by atoms with Gasteiger partial charge in [-0.05, 0) is 0 Å². The van der Waals surface area contributed by atoms with E-state index in [-0.39, 0.29) is 24.2 Å². The third kappa shape index (κ3) is 7.16. The van der Waals surface area contributed by atoms with Crippen molar-refractivity contribution < 1.29 is 14.4 Å². The minimum Gasteiger partial charge on any atom is -0.211 e. The highest BCUT2D eigenvalue weighted by atomic mass is 32.2. The molecule has 0 aliphatic rings. The lowest BCUT2D eigenvalue weighted by molar-refractivity contribution is 0.561. The predicted octanol–water partition coefficient (Wildman–Crippen LogP) is 0.0531. The molecule has 0 bridgehead atoms. The first-order chi connectivity index (χ1) is 6.85. The lowest BCUT2D eigenvalue weighted by Crippen LogP contribution is -2.11. The van der Waals surface area contributed by atoms with Crippen molar-refractivity contribution in [2.75, 3.05) is 19.0 Å². The van der Waals surface area contributed by atoms with Crippen LogP contribution >= 0.6 is 11.8 Å². The monoisotopic (exact) mass is 213 g/mol. The summed E-state index contributed by atoms with van der Waals surface area (Å²) in [4.78, 5) is 39.4. The highest BCUT2D eigenvalue weighted by Gasteiger charge is 2.07. The fourth-order valence-electron chi connectivity index (χ4n) is 0.610. The molecule has 14 heavy (non-hydrogen) atoms. The summed E-state index contributed by atoms with van der Waals surface area (Å²) in [6, 6.07) is 0. The van der Waals surface area contributed by atoms with Crippen molar-refractivity contribution in [1.29, 1.82) is 0 Å². The van der Waals surface area contributed by atoms with Gasteiger partial charge in [-0.3, -0.25) is 0 Å². The molecule has 0 amide bonds. The second-order valence-electron chi connectivity index (χ2n) is 2.03. The Bertz CT molecular complexity index is 281. The molecule has 7 heteroatoms. The van der Waals surface area contributed by atoms with Gasteiger partial charge in [0, 0.05) is 5.25 Å². The number of carbonyl (C=O) groups excluding carboxylic acids is 3. The Hall–Kier alpha value is -1.51. The van der Waals surface area contributed by atoms with Gasteiger partial charge in [-0.2, -0.15) is 4.99 Å². The van der Waals surface area contributed by atoms with Crippen LogP contribution in [0.1, 0.15) is 0 Å². The molecule has 0 aromatic rings. The first-order valence-corrected chi connectivity index (χ1v) is 4.62. The summed E-state index contributed by atoms with van der Waals surface area (Å²) in [7, 11) is 0. The van der Waals surface area contributed by atoms with Crippen LogP contribution in [-0.2, 0) is 14.4 Å². The Morgan fingerprint density at radius 3 is 1.86 bits per heavy atom. The van der Waals surface area contributed by atoms with Gasteiger partial charge in [-0.25, -0.2) is 24.4 Å². The van der Waals surface area contributed by atoms with Gasteiger partial charge in [-0.15, -0.1) is 11.8 Å². The highest BCUT2D eigenvalue weighted by Crippen LogP contribution is 2.11. The van der Waals surface area contributed by atoms with Crippen LogP contribution in [0.4, 0.5) is 0 Å². The number of hydrogen-bond donors (Lipinski definition) is 0. The third-order valence-electron chi connectivity index (χ3n) is 1.16. The predicted molar refractivity (Wildman–Crippen MR) is 50.3 cm³/mol. The van der Waals surface area contributed by atoms with Crippen LogP contribution in [0.2, 0.25) is 0 Å². The molecular formula is C7H7N3O3S. The van der Waals surface area contributed by atoms with E-state index in [0.29, 0.717) is 0 Å². The average Bonchev–Trinajstić information content (AvgIpc) is 2.21. The van der Waals surface area contributed by atoms with Gasteiger partial charge >= 0.3 is 0 Å². The van der Waals surface area contributed by atoms with Crippen LogP contribution in [0.3, 0.4) is 0 Å². The Morgan fingerprint density at radius 2 is 1.43 bits per heavy atom. The van der Waals surface area contributed by atoms with E-state index >= 15 is 0 Å². The topological polar surface area (TPSA) is 88.3 Å². The van der Waals surface area contributed by atoms with E-state index in [0.717, 1.165) is 0 Å². The zero-order chi connectivity index (χ0) is 10.6. The Morgan fingerprint density at radius 1 is 0.929 bits per heavy atom. The molecule has 0 aliphatic heterocycles. The molecule has 0 N–H and O–H groups in total. The summed E-state index contributed by atoms with van der Waals surface area (Å²) in [5.41, 5.74) is 0. The van der Waals surface area contributed by atoms with Gasteiger partial charge < -0.3 is 0 Å². The quantitative estimate of drug-likeness (QED) is 0.441. The lowest BCUT2D eigenvalue weighted by atomic mass is 10.4. The fraction of sp³-hybridized carbons (Fsp3) is 0.571.